The molecule has 0 spiro atoms. The molecule has 0 saturated carbocycles. The summed E-state index contributed by atoms with van der Waals surface area (Å²) in [6.07, 6.45) is 2.52. The van der Waals surface area contributed by atoms with Crippen LogP contribution in [0.15, 0.2) is 40.5 Å². The Balaban J connectivity index is 1.28. The number of anilines is 1. The summed E-state index contributed by atoms with van der Waals surface area (Å²) in [6, 6.07) is 6.08. The largest absolute Gasteiger partial charge is 0.372 e. The van der Waals surface area contributed by atoms with Gasteiger partial charge in [-0.3, -0.25) is 4.79 Å². The zero-order valence-corrected chi connectivity index (χ0v) is 18.1. The Labute approximate surface area is 178 Å². The molecule has 152 valence electrons. The predicted octanol–water partition coefficient (Wildman–Crippen LogP) is 3.74. The molecular weight excluding hydrogens is 404 g/mol. The smallest absolute Gasteiger partial charge is 0.226 e. The molecule has 2 unspecified atom stereocenters. The normalized spacial score (nSPS) is 19.3. The topological polar surface area (TPSA) is 67.4 Å². The highest BCUT2D eigenvalue weighted by Crippen LogP contribution is 2.25. The molecule has 1 fully saturated rings. The molecule has 1 saturated heterocycles. The number of pyridine rings is 1. The van der Waals surface area contributed by atoms with Crippen LogP contribution in [0.1, 0.15) is 25.1 Å². The van der Waals surface area contributed by atoms with Gasteiger partial charge >= 0.3 is 0 Å². The van der Waals surface area contributed by atoms with E-state index in [2.05, 4.69) is 39.4 Å². The summed E-state index contributed by atoms with van der Waals surface area (Å²) < 4.78 is 5.78. The zero-order chi connectivity index (χ0) is 20.2. The summed E-state index contributed by atoms with van der Waals surface area (Å²) in [7, 11) is 0. The van der Waals surface area contributed by atoms with Gasteiger partial charge < -0.3 is 15.0 Å². The van der Waals surface area contributed by atoms with Crippen molar-refractivity contribution in [2.45, 2.75) is 39.0 Å². The first kappa shape index (κ1) is 20.0. The number of nitrogens with one attached hydrogen (secondary N) is 1. The summed E-state index contributed by atoms with van der Waals surface area (Å²) in [5.41, 5.74) is 2.90. The van der Waals surface area contributed by atoms with Gasteiger partial charge in [0.15, 0.2) is 0 Å². The maximum atomic E-state index is 12.3. The van der Waals surface area contributed by atoms with Crippen molar-refractivity contribution < 1.29 is 9.53 Å². The second-order valence-electron chi connectivity index (χ2n) is 7.30. The SMILES string of the molecule is CC1CN(c2ccc(CNC(=O)Cc3csc(-c4ccsc4)n3)cn2)CC(C)O1. The maximum absolute atomic E-state index is 12.3. The Hall–Kier alpha value is -2.29. The third-order valence-corrected chi connectivity index (χ3v) is 6.33. The van der Waals surface area contributed by atoms with Gasteiger partial charge in [0.05, 0.1) is 24.3 Å². The number of thiophene rings is 1. The predicted molar refractivity (Wildman–Crippen MR) is 117 cm³/mol. The number of morpholine rings is 1. The van der Waals surface area contributed by atoms with E-state index in [1.807, 2.05) is 35.2 Å². The van der Waals surface area contributed by atoms with Gasteiger partial charge in [-0.15, -0.1) is 11.3 Å². The van der Waals surface area contributed by atoms with Crippen molar-refractivity contribution in [2.24, 2.45) is 0 Å². The second kappa shape index (κ2) is 9.02. The fourth-order valence-electron chi connectivity index (χ4n) is 3.41. The van der Waals surface area contributed by atoms with Gasteiger partial charge in [0.25, 0.3) is 0 Å². The van der Waals surface area contributed by atoms with Crippen molar-refractivity contribution >= 4 is 34.4 Å². The maximum Gasteiger partial charge on any atom is 0.226 e. The van der Waals surface area contributed by atoms with Gasteiger partial charge in [-0.1, -0.05) is 6.07 Å². The van der Waals surface area contributed by atoms with Crippen LogP contribution in [-0.2, 0) is 22.5 Å². The average molecular weight is 429 g/mol. The zero-order valence-electron chi connectivity index (χ0n) is 16.5. The number of ether oxygens (including phenoxy) is 1. The number of rotatable bonds is 6. The molecule has 2 atom stereocenters. The van der Waals surface area contributed by atoms with Gasteiger partial charge in [-0.25, -0.2) is 9.97 Å². The van der Waals surface area contributed by atoms with E-state index in [1.54, 1.807) is 22.7 Å². The number of carbonyl (C=O) groups is 1. The molecular formula is C21H24N4O2S2. The molecule has 4 heterocycles. The van der Waals surface area contributed by atoms with E-state index in [0.717, 1.165) is 40.7 Å². The molecule has 0 bridgehead atoms. The Morgan fingerprint density at radius 3 is 2.76 bits per heavy atom. The number of amides is 1. The summed E-state index contributed by atoms with van der Waals surface area (Å²) in [6.45, 7) is 6.31. The molecule has 1 aliphatic heterocycles. The van der Waals surface area contributed by atoms with Crippen molar-refractivity contribution in [3.8, 4) is 10.6 Å². The number of hydrogen-bond acceptors (Lipinski definition) is 7. The average Bonchev–Trinajstić information content (AvgIpc) is 3.38. The van der Waals surface area contributed by atoms with E-state index in [0.29, 0.717) is 6.54 Å². The number of thiazole rings is 1. The van der Waals surface area contributed by atoms with Crippen LogP contribution in [0.3, 0.4) is 0 Å². The lowest BCUT2D eigenvalue weighted by Gasteiger charge is -2.36. The highest BCUT2D eigenvalue weighted by molar-refractivity contribution is 7.14. The highest BCUT2D eigenvalue weighted by Gasteiger charge is 2.23. The first-order chi connectivity index (χ1) is 14.1. The summed E-state index contributed by atoms with van der Waals surface area (Å²) in [5.74, 6) is 0.914. The number of hydrogen-bond donors (Lipinski definition) is 1. The first-order valence-electron chi connectivity index (χ1n) is 9.66. The van der Waals surface area contributed by atoms with Crippen molar-refractivity contribution in [1.29, 1.82) is 0 Å². The van der Waals surface area contributed by atoms with Crippen molar-refractivity contribution in [1.82, 2.24) is 15.3 Å². The second-order valence-corrected chi connectivity index (χ2v) is 8.93. The molecule has 1 amide bonds. The van der Waals surface area contributed by atoms with Crippen molar-refractivity contribution in [3.05, 3.63) is 51.8 Å². The van der Waals surface area contributed by atoms with E-state index in [4.69, 9.17) is 4.74 Å². The minimum atomic E-state index is -0.0351. The Bertz CT molecular complexity index is 930. The van der Waals surface area contributed by atoms with Gasteiger partial charge in [0.2, 0.25) is 5.91 Å². The fourth-order valence-corrected chi connectivity index (χ4v) is 4.94. The van der Waals surface area contributed by atoms with Crippen LogP contribution in [0, 0.1) is 0 Å². The molecule has 3 aromatic rings. The van der Waals surface area contributed by atoms with Crippen LogP contribution < -0.4 is 10.2 Å². The molecule has 0 aromatic carbocycles. The highest BCUT2D eigenvalue weighted by atomic mass is 32.1. The Kier molecular flexibility index (Phi) is 6.22. The third-order valence-electron chi connectivity index (χ3n) is 4.70. The Morgan fingerprint density at radius 1 is 1.24 bits per heavy atom. The molecule has 4 rings (SSSR count). The van der Waals surface area contributed by atoms with Gasteiger partial charge in [-0.05, 0) is 36.9 Å². The molecule has 1 aliphatic rings. The van der Waals surface area contributed by atoms with Crippen molar-refractivity contribution in [3.63, 3.8) is 0 Å². The van der Waals surface area contributed by atoms with Gasteiger partial charge in [-0.2, -0.15) is 11.3 Å². The summed E-state index contributed by atoms with van der Waals surface area (Å²) in [4.78, 5) is 23.7. The number of aromatic nitrogens is 2. The fraction of sp³-hybridized carbons (Fsp3) is 0.381. The molecule has 29 heavy (non-hydrogen) atoms. The summed E-state index contributed by atoms with van der Waals surface area (Å²) in [5, 5.41) is 9.97. The number of nitrogens with zero attached hydrogens (tertiary/aromatic N) is 3. The quantitative estimate of drug-likeness (QED) is 0.648. The molecule has 0 aliphatic carbocycles. The monoisotopic (exact) mass is 428 g/mol. The minimum Gasteiger partial charge on any atom is -0.372 e. The van der Waals surface area contributed by atoms with Crippen LogP contribution in [0.2, 0.25) is 0 Å². The molecule has 8 heteroatoms. The van der Waals surface area contributed by atoms with Crippen LogP contribution in [0.5, 0.6) is 0 Å². The van der Waals surface area contributed by atoms with Gasteiger partial charge in [0, 0.05) is 42.2 Å². The lowest BCUT2D eigenvalue weighted by molar-refractivity contribution is -0.120. The lowest BCUT2D eigenvalue weighted by atomic mass is 10.2. The molecule has 0 radical (unpaired) electrons. The van der Waals surface area contributed by atoms with E-state index < -0.39 is 0 Å². The first-order valence-corrected chi connectivity index (χ1v) is 11.5. The van der Waals surface area contributed by atoms with E-state index in [9.17, 15) is 4.79 Å². The molecule has 3 aromatic heterocycles. The molecule has 1 N–H and O–H groups in total. The molecule has 6 nitrogen and oxygen atoms in total. The Morgan fingerprint density at radius 2 is 2.07 bits per heavy atom. The van der Waals surface area contributed by atoms with Crippen LogP contribution in [-0.4, -0.2) is 41.2 Å². The van der Waals surface area contributed by atoms with Crippen molar-refractivity contribution in [2.75, 3.05) is 18.0 Å². The van der Waals surface area contributed by atoms with Crippen LogP contribution >= 0.6 is 22.7 Å². The number of carbonyl (C=O) groups excluding carboxylic acids is 1. The van der Waals surface area contributed by atoms with Crippen LogP contribution in [0.4, 0.5) is 5.82 Å². The van der Waals surface area contributed by atoms with E-state index >= 15 is 0 Å². The standard InChI is InChI=1S/C21H24N4O2S2/c1-14-10-25(11-15(2)27-14)19-4-3-16(8-22-19)9-23-20(26)7-18-13-29-21(24-18)17-5-6-28-12-17/h3-6,8,12-15H,7,9-11H2,1-2H3,(H,23,26). The minimum absolute atomic E-state index is 0.0351. The van der Waals surface area contributed by atoms with Gasteiger partial charge in [0.1, 0.15) is 10.8 Å². The van der Waals surface area contributed by atoms with E-state index in [1.165, 1.54) is 0 Å². The summed E-state index contributed by atoms with van der Waals surface area (Å²) >= 11 is 3.22. The third kappa shape index (κ3) is 5.20. The van der Waals surface area contributed by atoms with E-state index in [-0.39, 0.29) is 24.5 Å². The van der Waals surface area contributed by atoms with Crippen LogP contribution in [0.25, 0.3) is 10.6 Å². The lowest BCUT2D eigenvalue weighted by Crippen LogP contribution is -2.45.